The van der Waals surface area contributed by atoms with Crippen molar-refractivity contribution in [2.45, 2.75) is 13.3 Å². The molecule has 0 heterocycles. The Morgan fingerprint density at radius 3 is 1.91 bits per heavy atom. The summed E-state index contributed by atoms with van der Waals surface area (Å²) >= 11 is 5.78. The second kappa shape index (κ2) is 7.56. The average Bonchev–Trinajstić information content (AvgIpc) is 2.49. The largest absolute Gasteiger partial charge is 0.326 e. The normalized spacial score (nSPS) is 10.0. The van der Waals surface area contributed by atoms with E-state index in [-0.39, 0.29) is 24.0 Å². The molecular formula is C17H15ClN2O3. The van der Waals surface area contributed by atoms with Gasteiger partial charge in [-0.2, -0.15) is 0 Å². The Hall–Kier alpha value is -2.66. The highest BCUT2D eigenvalue weighted by atomic mass is 35.5. The summed E-state index contributed by atoms with van der Waals surface area (Å²) in [5.41, 5.74) is 1.64. The number of hydrogen-bond donors (Lipinski definition) is 2. The second-order valence-electron chi connectivity index (χ2n) is 4.97. The van der Waals surface area contributed by atoms with Crippen LogP contribution in [-0.2, 0) is 9.59 Å². The molecule has 0 bridgehead atoms. The lowest BCUT2D eigenvalue weighted by molar-refractivity contribution is -0.124. The molecule has 0 saturated carbocycles. The number of benzene rings is 2. The zero-order valence-corrected chi connectivity index (χ0v) is 13.2. The molecule has 2 rings (SSSR count). The van der Waals surface area contributed by atoms with Crippen LogP contribution in [0.5, 0.6) is 0 Å². The molecule has 2 aromatic carbocycles. The van der Waals surface area contributed by atoms with Gasteiger partial charge >= 0.3 is 0 Å². The minimum Gasteiger partial charge on any atom is -0.326 e. The zero-order chi connectivity index (χ0) is 16.8. The van der Waals surface area contributed by atoms with E-state index in [0.29, 0.717) is 22.0 Å². The van der Waals surface area contributed by atoms with E-state index in [1.165, 1.54) is 6.92 Å². The molecule has 23 heavy (non-hydrogen) atoms. The van der Waals surface area contributed by atoms with Gasteiger partial charge in [-0.05, 0) is 55.5 Å². The summed E-state index contributed by atoms with van der Waals surface area (Å²) in [6.07, 6.45) is -0.158. The van der Waals surface area contributed by atoms with E-state index < -0.39 is 0 Å². The molecular weight excluding hydrogens is 316 g/mol. The van der Waals surface area contributed by atoms with Crippen molar-refractivity contribution in [1.29, 1.82) is 0 Å². The fraction of sp³-hybridized carbons (Fsp3) is 0.118. The molecule has 0 fully saturated rings. The van der Waals surface area contributed by atoms with Crippen molar-refractivity contribution in [3.8, 4) is 0 Å². The van der Waals surface area contributed by atoms with Crippen molar-refractivity contribution in [2.75, 3.05) is 10.6 Å². The number of amides is 2. The van der Waals surface area contributed by atoms with Crippen LogP contribution in [0, 0.1) is 0 Å². The van der Waals surface area contributed by atoms with E-state index in [4.69, 9.17) is 11.6 Å². The molecule has 0 aromatic heterocycles. The highest BCUT2D eigenvalue weighted by Crippen LogP contribution is 2.16. The summed E-state index contributed by atoms with van der Waals surface area (Å²) in [5.74, 6) is -0.820. The Bertz CT molecular complexity index is 725. The third-order valence-corrected chi connectivity index (χ3v) is 3.19. The van der Waals surface area contributed by atoms with Crippen molar-refractivity contribution in [2.24, 2.45) is 0 Å². The second-order valence-corrected chi connectivity index (χ2v) is 5.40. The van der Waals surface area contributed by atoms with Crippen LogP contribution < -0.4 is 10.6 Å². The molecule has 0 saturated heterocycles. The number of rotatable bonds is 5. The highest BCUT2D eigenvalue weighted by Gasteiger charge is 2.07. The Balaban J connectivity index is 1.97. The maximum atomic E-state index is 12.0. The molecule has 0 spiro atoms. The first-order chi connectivity index (χ1) is 10.9. The lowest BCUT2D eigenvalue weighted by Crippen LogP contribution is -2.15. The Labute approximate surface area is 138 Å². The minimum atomic E-state index is -0.365. The van der Waals surface area contributed by atoms with Crippen molar-refractivity contribution in [3.05, 3.63) is 59.1 Å². The minimum absolute atomic E-state index is 0.158. The summed E-state index contributed by atoms with van der Waals surface area (Å²) in [6.45, 7) is 1.36. The lowest BCUT2D eigenvalue weighted by Gasteiger charge is -2.08. The molecule has 2 N–H and O–H groups in total. The number of carbonyl (C=O) groups excluding carboxylic acids is 3. The molecule has 0 atom stereocenters. The highest BCUT2D eigenvalue weighted by molar-refractivity contribution is 6.30. The van der Waals surface area contributed by atoms with E-state index >= 15 is 0 Å². The fourth-order valence-corrected chi connectivity index (χ4v) is 2.00. The number of carbonyl (C=O) groups is 3. The predicted octanol–water partition coefficient (Wildman–Crippen LogP) is 3.51. The van der Waals surface area contributed by atoms with Gasteiger partial charge in [0.25, 0.3) is 5.91 Å². The van der Waals surface area contributed by atoms with Gasteiger partial charge in [-0.15, -0.1) is 0 Å². The van der Waals surface area contributed by atoms with Crippen molar-refractivity contribution in [3.63, 3.8) is 0 Å². The van der Waals surface area contributed by atoms with Crippen LogP contribution in [0.1, 0.15) is 23.7 Å². The smallest absolute Gasteiger partial charge is 0.255 e. The third kappa shape index (κ3) is 5.23. The molecule has 0 aliphatic heterocycles. The SMILES string of the molecule is CC(=O)CC(=O)Nc1ccc(NC(=O)c2ccc(Cl)cc2)cc1. The van der Waals surface area contributed by atoms with E-state index in [2.05, 4.69) is 10.6 Å². The van der Waals surface area contributed by atoms with Gasteiger partial charge in [0.05, 0.1) is 6.42 Å². The maximum absolute atomic E-state index is 12.0. The molecule has 2 aromatic rings. The molecule has 0 aliphatic carbocycles. The first kappa shape index (κ1) is 16.7. The Morgan fingerprint density at radius 1 is 0.870 bits per heavy atom. The van der Waals surface area contributed by atoms with Crippen LogP contribution in [0.15, 0.2) is 48.5 Å². The molecule has 118 valence electrons. The van der Waals surface area contributed by atoms with Crippen molar-refractivity contribution < 1.29 is 14.4 Å². The topological polar surface area (TPSA) is 75.3 Å². The van der Waals surface area contributed by atoms with E-state index in [0.717, 1.165) is 0 Å². The molecule has 0 unspecified atom stereocenters. The number of ketones is 1. The molecule has 0 radical (unpaired) electrons. The van der Waals surface area contributed by atoms with E-state index in [1.54, 1.807) is 48.5 Å². The van der Waals surface area contributed by atoms with Crippen molar-refractivity contribution in [1.82, 2.24) is 0 Å². The van der Waals surface area contributed by atoms with Crippen LogP contribution in [0.2, 0.25) is 5.02 Å². The molecule has 6 heteroatoms. The van der Waals surface area contributed by atoms with Crippen molar-refractivity contribution >= 4 is 40.6 Å². The van der Waals surface area contributed by atoms with Crippen LogP contribution in [0.3, 0.4) is 0 Å². The van der Waals surface area contributed by atoms with Crippen LogP contribution in [0.4, 0.5) is 11.4 Å². The zero-order valence-electron chi connectivity index (χ0n) is 12.4. The summed E-state index contributed by atoms with van der Waals surface area (Å²) in [4.78, 5) is 34.4. The monoisotopic (exact) mass is 330 g/mol. The molecule has 0 aliphatic rings. The van der Waals surface area contributed by atoms with Gasteiger partial charge in [0, 0.05) is 22.0 Å². The van der Waals surface area contributed by atoms with Crippen LogP contribution >= 0.6 is 11.6 Å². The summed E-state index contributed by atoms with van der Waals surface area (Å²) in [7, 11) is 0. The number of nitrogens with one attached hydrogen (secondary N) is 2. The summed E-state index contributed by atoms with van der Waals surface area (Å²) < 4.78 is 0. The molecule has 2 amide bonds. The van der Waals surface area contributed by atoms with E-state index in [9.17, 15) is 14.4 Å². The van der Waals surface area contributed by atoms with Crippen LogP contribution in [-0.4, -0.2) is 17.6 Å². The maximum Gasteiger partial charge on any atom is 0.255 e. The number of hydrogen-bond acceptors (Lipinski definition) is 3. The first-order valence-corrected chi connectivity index (χ1v) is 7.28. The number of anilines is 2. The predicted molar refractivity (Wildman–Crippen MR) is 89.8 cm³/mol. The van der Waals surface area contributed by atoms with Crippen LogP contribution in [0.25, 0.3) is 0 Å². The van der Waals surface area contributed by atoms with Gasteiger partial charge < -0.3 is 10.6 Å². The van der Waals surface area contributed by atoms with Gasteiger partial charge in [0.1, 0.15) is 5.78 Å². The summed E-state index contributed by atoms with van der Waals surface area (Å²) in [5, 5.41) is 5.91. The molecule has 5 nitrogen and oxygen atoms in total. The van der Waals surface area contributed by atoms with Gasteiger partial charge in [-0.25, -0.2) is 0 Å². The van der Waals surface area contributed by atoms with E-state index in [1.807, 2.05) is 0 Å². The van der Waals surface area contributed by atoms with Gasteiger partial charge in [0.15, 0.2) is 0 Å². The van der Waals surface area contributed by atoms with Gasteiger partial charge in [-0.3, -0.25) is 14.4 Å². The summed E-state index contributed by atoms with van der Waals surface area (Å²) in [6, 6.07) is 13.2. The Morgan fingerprint density at radius 2 is 1.39 bits per heavy atom. The van der Waals surface area contributed by atoms with Gasteiger partial charge in [-0.1, -0.05) is 11.6 Å². The Kier molecular flexibility index (Phi) is 5.49. The number of halogens is 1. The quantitative estimate of drug-likeness (QED) is 0.824. The lowest BCUT2D eigenvalue weighted by atomic mass is 10.2. The fourth-order valence-electron chi connectivity index (χ4n) is 1.87. The number of Topliss-reactive ketones (excluding diaryl/α,β-unsaturated/α-hetero) is 1. The first-order valence-electron chi connectivity index (χ1n) is 6.90. The third-order valence-electron chi connectivity index (χ3n) is 2.94. The average molecular weight is 331 g/mol. The standard InChI is InChI=1S/C17H15ClN2O3/c1-11(21)10-16(22)19-14-6-8-15(9-7-14)20-17(23)12-2-4-13(18)5-3-12/h2-9H,10H2,1H3,(H,19,22)(H,20,23). The van der Waals surface area contributed by atoms with Gasteiger partial charge in [0.2, 0.25) is 5.91 Å².